The largest absolute Gasteiger partial charge is 0.515 e. The molecule has 1 N–H and O–H groups in total. The molecular weight excluding hydrogens is 442 g/mol. The van der Waals surface area contributed by atoms with E-state index in [9.17, 15) is 30.1 Å². The molecule has 0 spiro atoms. The van der Waals surface area contributed by atoms with Gasteiger partial charge in [0.2, 0.25) is 5.75 Å². The lowest BCUT2D eigenvalue weighted by Gasteiger charge is -2.17. The first-order valence-corrected chi connectivity index (χ1v) is 10.1. The molecule has 1 atom stereocenters. The van der Waals surface area contributed by atoms with Crippen molar-refractivity contribution in [1.29, 1.82) is 5.26 Å². The summed E-state index contributed by atoms with van der Waals surface area (Å²) in [5.74, 6) is 0.149. The molecule has 0 bridgehead atoms. The van der Waals surface area contributed by atoms with Crippen molar-refractivity contribution in [2.75, 3.05) is 13.1 Å². The Morgan fingerprint density at radius 3 is 2.44 bits per heavy atom. The Morgan fingerprint density at radius 2 is 1.91 bits per heavy atom. The number of carbonyl (C=O) groups excluding carboxylic acids is 2. The van der Waals surface area contributed by atoms with Crippen molar-refractivity contribution in [2.24, 2.45) is 0 Å². The van der Waals surface area contributed by atoms with Crippen LogP contribution in [0.15, 0.2) is 48.0 Å². The zero-order valence-electron chi connectivity index (χ0n) is 18.4. The minimum Gasteiger partial charge on any atom is -0.499 e. The monoisotopic (exact) mass is 463 g/mol. The summed E-state index contributed by atoms with van der Waals surface area (Å²) in [4.78, 5) is 36.7. The van der Waals surface area contributed by atoms with E-state index in [1.807, 2.05) is 0 Å². The highest BCUT2D eigenvalue weighted by atomic mass is 16.7. The maximum absolute atomic E-state index is 12.5. The highest BCUT2D eigenvalue weighted by molar-refractivity contribution is 6.01. The Kier molecular flexibility index (Phi) is 8.75. The third kappa shape index (κ3) is 6.11. The van der Waals surface area contributed by atoms with Crippen LogP contribution in [0.5, 0.6) is 11.5 Å². The van der Waals surface area contributed by atoms with Gasteiger partial charge in [-0.15, -0.1) is 6.42 Å². The van der Waals surface area contributed by atoms with E-state index < -0.39 is 40.3 Å². The molecule has 0 aliphatic carbocycles. The standard InChI is InChI=1S/C24H21N3O7/c1-4-20(17-10-8-7-9-11-17)33-24(30)34-21-14-16(13-19(22(21)28)27(31)32)12-18(15-25)23(29)26(5-2)6-3/h1,7-14,20,28H,5-6H2,2-3H3/b18-12+. The first kappa shape index (κ1) is 25.4. The van der Waals surface area contributed by atoms with E-state index in [0.29, 0.717) is 18.7 Å². The molecule has 0 saturated carbocycles. The van der Waals surface area contributed by atoms with Crippen molar-refractivity contribution in [3.8, 4) is 29.9 Å². The van der Waals surface area contributed by atoms with Crippen molar-refractivity contribution < 1.29 is 29.1 Å². The summed E-state index contributed by atoms with van der Waals surface area (Å²) in [7, 11) is 0. The van der Waals surface area contributed by atoms with Gasteiger partial charge in [0.15, 0.2) is 11.9 Å². The SMILES string of the molecule is C#CC(OC(=O)Oc1cc(/C=C(\C#N)C(=O)N(CC)CC)cc([N+](=O)[O-])c1O)c1ccccc1. The van der Waals surface area contributed by atoms with Gasteiger partial charge in [0.05, 0.1) is 4.92 Å². The molecule has 2 aromatic carbocycles. The average Bonchev–Trinajstić information content (AvgIpc) is 2.83. The van der Waals surface area contributed by atoms with Crippen LogP contribution in [-0.4, -0.2) is 40.1 Å². The lowest BCUT2D eigenvalue weighted by Crippen LogP contribution is -2.31. The maximum atomic E-state index is 12.5. The van der Waals surface area contributed by atoms with Crippen LogP contribution in [0.4, 0.5) is 10.5 Å². The molecule has 174 valence electrons. The van der Waals surface area contributed by atoms with Gasteiger partial charge in [-0.05, 0) is 31.6 Å². The molecule has 0 fully saturated rings. The highest BCUT2D eigenvalue weighted by Crippen LogP contribution is 2.38. The number of terminal acetylenes is 1. The molecule has 10 nitrogen and oxygen atoms in total. The lowest BCUT2D eigenvalue weighted by atomic mass is 10.1. The van der Waals surface area contributed by atoms with Crippen molar-refractivity contribution in [1.82, 2.24) is 4.90 Å². The van der Waals surface area contributed by atoms with Crippen LogP contribution < -0.4 is 4.74 Å². The van der Waals surface area contributed by atoms with Crippen molar-refractivity contribution in [3.63, 3.8) is 0 Å². The molecule has 0 heterocycles. The maximum Gasteiger partial charge on any atom is 0.515 e. The van der Waals surface area contributed by atoms with Gasteiger partial charge in [-0.2, -0.15) is 5.26 Å². The number of aromatic hydroxyl groups is 1. The third-order valence-electron chi connectivity index (χ3n) is 4.65. The molecule has 2 rings (SSSR count). The van der Waals surface area contributed by atoms with E-state index >= 15 is 0 Å². The number of rotatable bonds is 8. The van der Waals surface area contributed by atoms with Crippen molar-refractivity contribution >= 4 is 23.8 Å². The topological polar surface area (TPSA) is 143 Å². The second-order valence-corrected chi connectivity index (χ2v) is 6.72. The number of hydrogen-bond acceptors (Lipinski definition) is 8. The summed E-state index contributed by atoms with van der Waals surface area (Å²) in [6.45, 7) is 4.17. The zero-order chi connectivity index (χ0) is 25.3. The number of nitro groups is 1. The minimum absolute atomic E-state index is 0.0269. The fourth-order valence-electron chi connectivity index (χ4n) is 2.94. The lowest BCUT2D eigenvalue weighted by molar-refractivity contribution is -0.385. The van der Waals surface area contributed by atoms with Gasteiger partial charge in [0, 0.05) is 24.7 Å². The number of likely N-dealkylation sites (N-methyl/N-ethyl adjacent to an activating group) is 1. The van der Waals surface area contributed by atoms with E-state index in [2.05, 4.69) is 5.92 Å². The van der Waals surface area contributed by atoms with Gasteiger partial charge in [0.25, 0.3) is 5.91 Å². The van der Waals surface area contributed by atoms with Crippen LogP contribution in [0.2, 0.25) is 0 Å². The number of phenols is 1. The summed E-state index contributed by atoms with van der Waals surface area (Å²) in [5, 5.41) is 31.0. The molecule has 34 heavy (non-hydrogen) atoms. The van der Waals surface area contributed by atoms with Gasteiger partial charge >= 0.3 is 11.8 Å². The van der Waals surface area contributed by atoms with E-state index in [0.717, 1.165) is 18.2 Å². The fraction of sp³-hybridized carbons (Fsp3) is 0.208. The molecule has 0 radical (unpaired) electrons. The van der Waals surface area contributed by atoms with E-state index in [1.165, 1.54) is 4.90 Å². The fourth-order valence-corrected chi connectivity index (χ4v) is 2.94. The molecular formula is C24H21N3O7. The number of benzene rings is 2. The number of nitrogens with zero attached hydrogens (tertiary/aromatic N) is 3. The number of carbonyl (C=O) groups is 2. The summed E-state index contributed by atoms with van der Waals surface area (Å²) in [6, 6.07) is 12.1. The average molecular weight is 463 g/mol. The Hall–Kier alpha value is -4.83. The second kappa shape index (κ2) is 11.7. The predicted octanol–water partition coefficient (Wildman–Crippen LogP) is 3.97. The molecule has 0 saturated heterocycles. The van der Waals surface area contributed by atoms with Crippen molar-refractivity contribution in [2.45, 2.75) is 20.0 Å². The van der Waals surface area contributed by atoms with E-state index in [4.69, 9.17) is 15.9 Å². The van der Waals surface area contributed by atoms with E-state index in [1.54, 1.807) is 50.2 Å². The summed E-state index contributed by atoms with van der Waals surface area (Å²) in [6.07, 6.45) is 4.08. The van der Waals surface area contributed by atoms with Crippen LogP contribution in [0.3, 0.4) is 0 Å². The summed E-state index contributed by atoms with van der Waals surface area (Å²) >= 11 is 0. The molecule has 1 amide bonds. The predicted molar refractivity (Wildman–Crippen MR) is 121 cm³/mol. The summed E-state index contributed by atoms with van der Waals surface area (Å²) < 4.78 is 10.1. The van der Waals surface area contributed by atoms with Gasteiger partial charge in [-0.3, -0.25) is 14.9 Å². The second-order valence-electron chi connectivity index (χ2n) is 6.72. The molecule has 10 heteroatoms. The quantitative estimate of drug-likeness (QED) is 0.118. The number of hydrogen-bond donors (Lipinski definition) is 1. The van der Waals surface area contributed by atoms with Crippen LogP contribution in [-0.2, 0) is 9.53 Å². The molecule has 2 aromatic rings. The Bertz CT molecular complexity index is 1190. The van der Waals surface area contributed by atoms with Gasteiger partial charge in [-0.25, -0.2) is 4.79 Å². The van der Waals surface area contributed by atoms with E-state index in [-0.39, 0.29) is 11.1 Å². The van der Waals surface area contributed by atoms with Gasteiger partial charge in [0.1, 0.15) is 11.6 Å². The zero-order valence-corrected chi connectivity index (χ0v) is 18.4. The van der Waals surface area contributed by atoms with Crippen LogP contribution in [0.1, 0.15) is 31.1 Å². The number of ether oxygens (including phenoxy) is 2. The molecule has 1 unspecified atom stereocenters. The first-order chi connectivity index (χ1) is 16.2. The Balaban J connectivity index is 2.40. The Labute approximate surface area is 195 Å². The van der Waals surface area contributed by atoms with Gasteiger partial charge < -0.3 is 19.5 Å². The summed E-state index contributed by atoms with van der Waals surface area (Å²) in [5.41, 5.74) is -0.641. The molecule has 0 aromatic heterocycles. The smallest absolute Gasteiger partial charge is 0.499 e. The first-order valence-electron chi connectivity index (χ1n) is 10.1. The highest BCUT2D eigenvalue weighted by Gasteiger charge is 2.25. The normalized spacial score (nSPS) is 11.5. The number of nitro benzene ring substituents is 1. The van der Waals surface area contributed by atoms with Crippen molar-refractivity contribution in [3.05, 3.63) is 69.3 Å². The minimum atomic E-state index is -1.32. The van der Waals surface area contributed by atoms with Gasteiger partial charge in [-0.1, -0.05) is 36.3 Å². The molecule has 0 aliphatic rings. The number of amides is 1. The number of nitriles is 1. The molecule has 0 aliphatic heterocycles. The van der Waals surface area contributed by atoms with Crippen LogP contribution in [0, 0.1) is 33.8 Å². The van der Waals surface area contributed by atoms with Crippen LogP contribution >= 0.6 is 0 Å². The third-order valence-corrected chi connectivity index (χ3v) is 4.65. The van der Waals surface area contributed by atoms with Crippen LogP contribution in [0.25, 0.3) is 6.08 Å². The Morgan fingerprint density at radius 1 is 1.26 bits per heavy atom. The number of phenolic OH excluding ortho intramolecular Hbond substituents is 1.